The first-order valence-corrected chi connectivity index (χ1v) is 8.86. The zero-order valence-corrected chi connectivity index (χ0v) is 14.9. The Morgan fingerprint density at radius 1 is 1.18 bits per heavy atom. The van der Waals surface area contributed by atoms with Crippen LogP contribution >= 0.6 is 8.73 Å². The number of pyridine rings is 1. The van der Waals surface area contributed by atoms with Crippen LogP contribution in [0.15, 0.2) is 23.3 Å². The minimum absolute atomic E-state index is 0.00890. The van der Waals surface area contributed by atoms with Gasteiger partial charge in [0.1, 0.15) is 5.52 Å². The van der Waals surface area contributed by atoms with Crippen molar-refractivity contribution in [3.05, 3.63) is 28.8 Å². The molecule has 0 amide bonds. The molecule has 0 bridgehead atoms. The molecule has 1 unspecified atom stereocenters. The van der Waals surface area contributed by atoms with E-state index in [1.54, 1.807) is 11.6 Å². The maximum atomic E-state index is 12.5. The summed E-state index contributed by atoms with van der Waals surface area (Å²) in [5.41, 5.74) is 0.847. The first-order valence-electron chi connectivity index (χ1n) is 7.42. The van der Waals surface area contributed by atoms with E-state index in [0.29, 0.717) is 8.73 Å². The number of aryl methyl sites for hydroxylation is 1. The van der Waals surface area contributed by atoms with Crippen LogP contribution in [0.5, 0.6) is 0 Å². The van der Waals surface area contributed by atoms with Gasteiger partial charge in [0.15, 0.2) is 0 Å². The third-order valence-corrected chi connectivity index (χ3v) is 5.66. The molecule has 22 heavy (non-hydrogen) atoms. The van der Waals surface area contributed by atoms with Gasteiger partial charge in [-0.1, -0.05) is 0 Å². The minimum Gasteiger partial charge on any atom is -0.399 e. The molecule has 0 spiro atoms. The molecule has 0 N–H and O–H groups in total. The van der Waals surface area contributed by atoms with Crippen LogP contribution in [0.2, 0.25) is 0 Å². The van der Waals surface area contributed by atoms with E-state index in [0.717, 1.165) is 16.4 Å². The monoisotopic (exact) mass is 320 g/mol. The van der Waals surface area contributed by atoms with Crippen molar-refractivity contribution in [1.82, 2.24) is 8.90 Å². The summed E-state index contributed by atoms with van der Waals surface area (Å²) < 4.78 is 15.9. The fourth-order valence-electron chi connectivity index (χ4n) is 2.73. The van der Waals surface area contributed by atoms with Crippen molar-refractivity contribution in [3.63, 3.8) is 0 Å². The zero-order valence-electron chi connectivity index (χ0n) is 13.9. The van der Waals surface area contributed by atoms with E-state index >= 15 is 0 Å². The Bertz CT molecular complexity index is 778. The second-order valence-corrected chi connectivity index (χ2v) is 7.69. The molecule has 1 aliphatic heterocycles. The van der Waals surface area contributed by atoms with Crippen molar-refractivity contribution in [2.75, 3.05) is 6.66 Å². The van der Waals surface area contributed by atoms with Crippen LogP contribution in [0.3, 0.4) is 0 Å². The van der Waals surface area contributed by atoms with Crippen molar-refractivity contribution in [1.29, 1.82) is 0 Å². The minimum atomic E-state index is -0.463. The summed E-state index contributed by atoms with van der Waals surface area (Å²) in [7, 11) is 1.82. The van der Waals surface area contributed by atoms with Crippen molar-refractivity contribution >= 4 is 32.2 Å². The summed E-state index contributed by atoms with van der Waals surface area (Å²) in [5.74, 6) is 0. The van der Waals surface area contributed by atoms with Crippen molar-refractivity contribution < 1.29 is 9.31 Å². The van der Waals surface area contributed by atoms with Crippen molar-refractivity contribution in [3.8, 4) is 0 Å². The van der Waals surface area contributed by atoms with Gasteiger partial charge in [0, 0.05) is 30.3 Å². The van der Waals surface area contributed by atoms with E-state index in [9.17, 15) is 4.79 Å². The lowest BCUT2D eigenvalue weighted by molar-refractivity contribution is 0.00578. The van der Waals surface area contributed by atoms with Gasteiger partial charge < -0.3 is 18.2 Å². The molecule has 1 aliphatic rings. The summed E-state index contributed by atoms with van der Waals surface area (Å²) in [5, 5.41) is 0.913. The van der Waals surface area contributed by atoms with E-state index in [1.165, 1.54) is 0 Å². The predicted molar refractivity (Wildman–Crippen MR) is 92.5 cm³/mol. The average Bonchev–Trinajstić information content (AvgIpc) is 2.93. The first-order chi connectivity index (χ1) is 10.2. The molecule has 2 aromatic heterocycles. The van der Waals surface area contributed by atoms with Crippen LogP contribution < -0.4 is 11.0 Å². The van der Waals surface area contributed by atoms with Gasteiger partial charge in [-0.05, 0) is 49.2 Å². The Hall–Kier alpha value is -1.10. The maximum absolute atomic E-state index is 12.5. The predicted octanol–water partition coefficient (Wildman–Crippen LogP) is 1.71. The highest BCUT2D eigenvalue weighted by Gasteiger charge is 2.52. The lowest BCUT2D eigenvalue weighted by Crippen LogP contribution is -2.41. The van der Waals surface area contributed by atoms with Gasteiger partial charge in [-0.3, -0.25) is 4.79 Å². The van der Waals surface area contributed by atoms with E-state index in [4.69, 9.17) is 9.31 Å². The van der Waals surface area contributed by atoms with E-state index in [1.807, 2.05) is 50.5 Å². The lowest BCUT2D eigenvalue weighted by Gasteiger charge is -2.32. The standard InChI is InChI=1S/C15H22BN2O3P/c1-14(2)15(3,4)21-16(20-14)11-9-17(5)13(19)12-10(11)7-8-18(12)22-6/h7-9,22H,1-6H3. The molecular weight excluding hydrogens is 298 g/mol. The Morgan fingerprint density at radius 3 is 2.32 bits per heavy atom. The molecule has 1 saturated heterocycles. The van der Waals surface area contributed by atoms with Gasteiger partial charge in [-0.15, -0.1) is 0 Å². The number of aromatic nitrogens is 2. The Morgan fingerprint density at radius 2 is 1.77 bits per heavy atom. The maximum Gasteiger partial charge on any atom is 0.497 e. The summed E-state index contributed by atoms with van der Waals surface area (Å²) in [4.78, 5) is 12.5. The molecular formula is C15H22BN2O3P. The van der Waals surface area contributed by atoms with Crippen LogP contribution in [0.4, 0.5) is 0 Å². The van der Waals surface area contributed by atoms with Gasteiger partial charge in [0.25, 0.3) is 5.56 Å². The third kappa shape index (κ3) is 2.17. The molecule has 1 atom stereocenters. The quantitative estimate of drug-likeness (QED) is 0.625. The first kappa shape index (κ1) is 15.8. The molecule has 0 aromatic carbocycles. The van der Waals surface area contributed by atoms with E-state index in [-0.39, 0.29) is 5.56 Å². The van der Waals surface area contributed by atoms with E-state index < -0.39 is 18.3 Å². The highest BCUT2D eigenvalue weighted by Crippen LogP contribution is 2.37. The molecule has 5 nitrogen and oxygen atoms in total. The van der Waals surface area contributed by atoms with Crippen LogP contribution in [0.25, 0.3) is 10.9 Å². The number of nitrogens with zero attached hydrogens (tertiary/aromatic N) is 2. The normalized spacial score (nSPS) is 20.5. The van der Waals surface area contributed by atoms with Crippen molar-refractivity contribution in [2.24, 2.45) is 7.05 Å². The fourth-order valence-corrected chi connectivity index (χ4v) is 3.39. The summed E-state index contributed by atoms with van der Waals surface area (Å²) in [6.07, 6.45) is 3.79. The SMILES string of the molecule is CPn1ccc2c(B3OC(C)(C)C(C)(C)O3)cn(C)c(=O)c21. The van der Waals surface area contributed by atoms with Gasteiger partial charge >= 0.3 is 7.12 Å². The number of hydrogen-bond acceptors (Lipinski definition) is 3. The van der Waals surface area contributed by atoms with Crippen molar-refractivity contribution in [2.45, 2.75) is 38.9 Å². The van der Waals surface area contributed by atoms with Gasteiger partial charge in [-0.2, -0.15) is 0 Å². The molecule has 3 heterocycles. The smallest absolute Gasteiger partial charge is 0.399 e. The molecule has 118 valence electrons. The number of rotatable bonds is 2. The molecule has 7 heteroatoms. The molecule has 0 radical (unpaired) electrons. The average molecular weight is 320 g/mol. The molecule has 1 fully saturated rings. The number of hydrogen-bond donors (Lipinski definition) is 0. The van der Waals surface area contributed by atoms with Gasteiger partial charge in [-0.25, -0.2) is 0 Å². The fraction of sp³-hybridized carbons (Fsp3) is 0.533. The van der Waals surface area contributed by atoms with Crippen LogP contribution in [-0.4, -0.2) is 33.9 Å². The van der Waals surface area contributed by atoms with Gasteiger partial charge in [0.2, 0.25) is 0 Å². The number of fused-ring (bicyclic) bond motifs is 1. The van der Waals surface area contributed by atoms with Crippen LogP contribution in [-0.2, 0) is 16.4 Å². The second-order valence-electron chi connectivity index (χ2n) is 6.76. The highest BCUT2D eigenvalue weighted by molar-refractivity contribution is 7.35. The van der Waals surface area contributed by atoms with Crippen LogP contribution in [0, 0.1) is 0 Å². The van der Waals surface area contributed by atoms with Gasteiger partial charge in [0.05, 0.1) is 11.2 Å². The molecule has 0 saturated carbocycles. The summed E-state index contributed by atoms with van der Waals surface area (Å²) in [6.45, 7) is 10.2. The topological polar surface area (TPSA) is 45.4 Å². The second kappa shape index (κ2) is 4.95. The largest absolute Gasteiger partial charge is 0.497 e. The highest BCUT2D eigenvalue weighted by atomic mass is 31.1. The lowest BCUT2D eigenvalue weighted by atomic mass is 9.78. The Balaban J connectivity index is 2.19. The van der Waals surface area contributed by atoms with E-state index in [2.05, 4.69) is 6.66 Å². The molecule has 0 aliphatic carbocycles. The van der Waals surface area contributed by atoms with Crippen LogP contribution in [0.1, 0.15) is 27.7 Å². The molecule has 3 rings (SSSR count). The Kier molecular flexibility index (Phi) is 3.55. The molecule has 2 aromatic rings. The Labute approximate surface area is 132 Å². The third-order valence-electron chi connectivity index (χ3n) is 4.80. The summed E-state index contributed by atoms with van der Waals surface area (Å²) >= 11 is 0. The zero-order chi connectivity index (χ0) is 16.3. The summed E-state index contributed by atoms with van der Waals surface area (Å²) in [6, 6.07) is 1.98.